The third-order valence-corrected chi connectivity index (χ3v) is 3.80. The van der Waals surface area contributed by atoms with E-state index in [2.05, 4.69) is 0 Å². The van der Waals surface area contributed by atoms with Crippen LogP contribution in [0.25, 0.3) is 0 Å². The van der Waals surface area contributed by atoms with E-state index in [-0.39, 0.29) is 11.2 Å². The highest BCUT2D eigenvalue weighted by atomic mass is 16.3. The average molecular weight is 201 g/mol. The third-order valence-electron chi connectivity index (χ3n) is 3.80. The number of hydrogen-bond acceptors (Lipinski definition) is 2. The van der Waals surface area contributed by atoms with E-state index in [0.29, 0.717) is 5.92 Å². The fourth-order valence-electron chi connectivity index (χ4n) is 2.89. The predicted molar refractivity (Wildman–Crippen MR) is 55.7 cm³/mol. The predicted octanol–water partition coefficient (Wildman–Crippen LogP) is 1.63. The molecule has 78 valence electrons. The molecule has 0 aliphatic heterocycles. The molecule has 1 aromatic carbocycles. The largest absolute Gasteiger partial charge is 0.870 e. The summed E-state index contributed by atoms with van der Waals surface area (Å²) < 4.78 is 0. The van der Waals surface area contributed by atoms with Crippen LogP contribution in [-0.2, 0) is 0 Å². The summed E-state index contributed by atoms with van der Waals surface area (Å²) in [5, 5.41) is 11.8. The van der Waals surface area contributed by atoms with Gasteiger partial charge in [0.15, 0.2) is 5.43 Å². The zero-order chi connectivity index (χ0) is 10.4. The first kappa shape index (κ1) is 8.96. The quantitative estimate of drug-likeness (QED) is 0.693. The summed E-state index contributed by atoms with van der Waals surface area (Å²) in [6, 6.07) is 6.66. The summed E-state index contributed by atoms with van der Waals surface area (Å²) >= 11 is 0. The third kappa shape index (κ3) is 1.44. The van der Waals surface area contributed by atoms with Crippen molar-refractivity contribution in [3.63, 3.8) is 0 Å². The Hall–Kier alpha value is -1.31. The van der Waals surface area contributed by atoms with Crippen LogP contribution in [0.4, 0.5) is 0 Å². The van der Waals surface area contributed by atoms with Gasteiger partial charge in [0.25, 0.3) is 0 Å². The molecule has 15 heavy (non-hydrogen) atoms. The second-order valence-electron chi connectivity index (χ2n) is 4.79. The number of fused-ring (bicyclic) bond motifs is 1. The van der Waals surface area contributed by atoms with Gasteiger partial charge < -0.3 is 5.11 Å². The van der Waals surface area contributed by atoms with E-state index in [1.807, 2.05) is 12.1 Å². The molecule has 0 amide bonds. The Morgan fingerprint density at radius 3 is 2.47 bits per heavy atom. The summed E-state index contributed by atoms with van der Waals surface area (Å²) in [6.07, 6.45) is 3.57. The first-order valence-corrected chi connectivity index (χ1v) is 5.56. The molecular formula is C13H13O2-. The Morgan fingerprint density at radius 2 is 1.73 bits per heavy atom. The van der Waals surface area contributed by atoms with Gasteiger partial charge in [-0.25, -0.2) is 0 Å². The fraction of sp³-hybridized carbons (Fsp3) is 0.462. The molecule has 3 rings (SSSR count). The second-order valence-corrected chi connectivity index (χ2v) is 4.79. The van der Waals surface area contributed by atoms with Gasteiger partial charge >= 0.3 is 0 Å². The molecule has 0 spiro atoms. The van der Waals surface area contributed by atoms with Crippen LogP contribution in [0.2, 0.25) is 0 Å². The zero-order valence-electron chi connectivity index (χ0n) is 8.48. The SMILES string of the molecule is O=c1ccccc(C2CC3CC3C2)c1[O-]. The Bertz CT molecular complexity index is 443. The molecule has 2 heteroatoms. The van der Waals surface area contributed by atoms with Crippen molar-refractivity contribution in [2.75, 3.05) is 0 Å². The topological polar surface area (TPSA) is 40.1 Å². The van der Waals surface area contributed by atoms with Crippen LogP contribution in [-0.4, -0.2) is 0 Å². The molecule has 2 atom stereocenters. The van der Waals surface area contributed by atoms with Gasteiger partial charge in [-0.05, 0) is 48.6 Å². The summed E-state index contributed by atoms with van der Waals surface area (Å²) in [6.45, 7) is 0. The highest BCUT2D eigenvalue weighted by Gasteiger charge is 2.46. The molecule has 0 aromatic heterocycles. The monoisotopic (exact) mass is 201 g/mol. The molecule has 2 aliphatic carbocycles. The fourth-order valence-corrected chi connectivity index (χ4v) is 2.89. The highest BCUT2D eigenvalue weighted by molar-refractivity contribution is 5.34. The summed E-state index contributed by atoms with van der Waals surface area (Å²) in [5.41, 5.74) is 0.382. The van der Waals surface area contributed by atoms with Crippen molar-refractivity contribution >= 4 is 0 Å². The van der Waals surface area contributed by atoms with E-state index in [9.17, 15) is 9.90 Å². The molecule has 0 saturated heterocycles. The maximum Gasteiger partial charge on any atom is 0.171 e. The molecule has 2 nitrogen and oxygen atoms in total. The van der Waals surface area contributed by atoms with Crippen LogP contribution in [0, 0.1) is 11.8 Å². The smallest absolute Gasteiger partial charge is 0.171 e. The van der Waals surface area contributed by atoms with Crippen molar-refractivity contribution in [1.29, 1.82) is 0 Å². The standard InChI is InChI=1S/C13H14O2/c14-12-4-2-1-3-11(13(12)15)10-6-8-5-9(8)7-10/h1-4,8-10H,5-7H2,(H,14,15)/p-1. The first-order valence-electron chi connectivity index (χ1n) is 5.56. The molecular weight excluding hydrogens is 188 g/mol. The number of hydrogen-bond donors (Lipinski definition) is 0. The molecule has 0 radical (unpaired) electrons. The Labute approximate surface area is 88.6 Å². The van der Waals surface area contributed by atoms with Gasteiger partial charge in [0.05, 0.1) is 0 Å². The molecule has 2 aliphatic rings. The molecule has 0 bridgehead atoms. The first-order chi connectivity index (χ1) is 7.25. The maximum atomic E-state index is 11.8. The van der Waals surface area contributed by atoms with E-state index < -0.39 is 0 Å². The minimum atomic E-state index is -0.365. The lowest BCUT2D eigenvalue weighted by molar-refractivity contribution is -0.271. The lowest BCUT2D eigenvalue weighted by atomic mass is 9.95. The van der Waals surface area contributed by atoms with Crippen molar-refractivity contribution in [1.82, 2.24) is 0 Å². The van der Waals surface area contributed by atoms with E-state index in [0.717, 1.165) is 30.2 Å². The van der Waals surface area contributed by atoms with Crippen LogP contribution in [0.5, 0.6) is 5.75 Å². The molecule has 0 heterocycles. The molecule has 2 unspecified atom stereocenters. The van der Waals surface area contributed by atoms with Gasteiger partial charge in [-0.1, -0.05) is 23.9 Å². The van der Waals surface area contributed by atoms with Gasteiger partial charge in [-0.2, -0.15) is 0 Å². The van der Waals surface area contributed by atoms with Crippen molar-refractivity contribution in [2.45, 2.75) is 25.2 Å². The second kappa shape index (κ2) is 3.09. The minimum Gasteiger partial charge on any atom is -0.870 e. The van der Waals surface area contributed by atoms with Gasteiger partial charge in [0.2, 0.25) is 0 Å². The van der Waals surface area contributed by atoms with Gasteiger partial charge in [0.1, 0.15) is 0 Å². The summed E-state index contributed by atoms with van der Waals surface area (Å²) in [4.78, 5) is 11.4. The Kier molecular flexibility index (Phi) is 1.84. The van der Waals surface area contributed by atoms with Gasteiger partial charge in [0, 0.05) is 0 Å². The van der Waals surface area contributed by atoms with E-state index in [1.54, 1.807) is 6.07 Å². The minimum absolute atomic E-state index is 0.286. The number of rotatable bonds is 1. The lowest BCUT2D eigenvalue weighted by Crippen LogP contribution is -2.10. The van der Waals surface area contributed by atoms with E-state index in [1.165, 1.54) is 12.5 Å². The Morgan fingerprint density at radius 1 is 1.07 bits per heavy atom. The van der Waals surface area contributed by atoms with Crippen LogP contribution in [0.15, 0.2) is 29.1 Å². The van der Waals surface area contributed by atoms with Gasteiger partial charge in [-0.3, -0.25) is 4.79 Å². The van der Waals surface area contributed by atoms with E-state index in [4.69, 9.17) is 0 Å². The van der Waals surface area contributed by atoms with Crippen LogP contribution < -0.4 is 10.5 Å². The summed E-state index contributed by atoms with van der Waals surface area (Å²) in [5.74, 6) is 1.75. The van der Waals surface area contributed by atoms with Crippen LogP contribution in [0.1, 0.15) is 30.7 Å². The molecule has 1 aromatic rings. The van der Waals surface area contributed by atoms with Crippen LogP contribution in [0.3, 0.4) is 0 Å². The highest BCUT2D eigenvalue weighted by Crippen LogP contribution is 2.57. The molecule has 2 fully saturated rings. The Balaban J connectivity index is 2.01. The summed E-state index contributed by atoms with van der Waals surface area (Å²) in [7, 11) is 0. The average Bonchev–Trinajstić information content (AvgIpc) is 2.88. The molecule has 2 saturated carbocycles. The van der Waals surface area contributed by atoms with Crippen molar-refractivity contribution in [3.05, 3.63) is 40.1 Å². The van der Waals surface area contributed by atoms with Crippen molar-refractivity contribution < 1.29 is 5.11 Å². The van der Waals surface area contributed by atoms with Crippen LogP contribution >= 0.6 is 0 Å². The van der Waals surface area contributed by atoms with Crippen molar-refractivity contribution in [3.8, 4) is 5.75 Å². The zero-order valence-corrected chi connectivity index (χ0v) is 8.48. The van der Waals surface area contributed by atoms with Crippen molar-refractivity contribution in [2.24, 2.45) is 11.8 Å². The normalized spacial score (nSPS) is 32.4. The van der Waals surface area contributed by atoms with Gasteiger partial charge in [-0.15, -0.1) is 0 Å². The maximum absolute atomic E-state index is 11.8. The van der Waals surface area contributed by atoms with E-state index >= 15 is 0 Å². The lowest BCUT2D eigenvalue weighted by Gasteiger charge is -2.17. The molecule has 0 N–H and O–H groups in total.